The van der Waals surface area contributed by atoms with Gasteiger partial charge < -0.3 is 10.9 Å². The molecule has 3 N–H and O–H groups in total. The molecule has 5 nitrogen and oxygen atoms in total. The van der Waals surface area contributed by atoms with Gasteiger partial charge in [0.2, 0.25) is 0 Å². The van der Waals surface area contributed by atoms with Crippen molar-refractivity contribution in [3.8, 4) is 0 Å². The molecule has 0 bridgehead atoms. The molecule has 0 radical (unpaired) electrons. The van der Waals surface area contributed by atoms with Crippen LogP contribution in [0, 0.1) is 0 Å². The molecule has 2 heterocycles. The van der Waals surface area contributed by atoms with Crippen LogP contribution in [0.1, 0.15) is 5.69 Å². The number of halogens is 1. The maximum atomic E-state index is 8.53. The summed E-state index contributed by atoms with van der Waals surface area (Å²) in [6.07, 6.45) is 3.38. The molecule has 0 aliphatic heterocycles. The highest BCUT2D eigenvalue weighted by Crippen LogP contribution is 2.30. The molecule has 2 rings (SSSR count). The molecule has 0 aromatic carbocycles. The van der Waals surface area contributed by atoms with Crippen molar-refractivity contribution in [1.82, 2.24) is 9.97 Å². The van der Waals surface area contributed by atoms with E-state index >= 15 is 0 Å². The summed E-state index contributed by atoms with van der Waals surface area (Å²) in [5.41, 5.74) is 5.86. The predicted molar refractivity (Wildman–Crippen MR) is 72.8 cm³/mol. The summed E-state index contributed by atoms with van der Waals surface area (Å²) in [7, 11) is 0. The lowest BCUT2D eigenvalue weighted by atomic mass is 10.3. The Morgan fingerprint density at radius 1 is 1.33 bits per heavy atom. The summed E-state index contributed by atoms with van der Waals surface area (Å²) in [6.45, 7) is 0. The molecule has 0 spiro atoms. The molecule has 0 saturated heterocycles. The Bertz CT molecular complexity index is 574. The normalized spacial score (nSPS) is 11.5. The average Bonchev–Trinajstić information content (AvgIpc) is 2.41. The zero-order valence-electron chi connectivity index (χ0n) is 9.12. The number of pyridine rings is 2. The van der Waals surface area contributed by atoms with Crippen molar-refractivity contribution >= 4 is 33.5 Å². The smallest absolute Gasteiger partial charge is 0.188 e. The van der Waals surface area contributed by atoms with E-state index in [0.717, 1.165) is 14.4 Å². The van der Waals surface area contributed by atoms with Crippen LogP contribution in [0.3, 0.4) is 0 Å². The van der Waals surface area contributed by atoms with Gasteiger partial charge in [-0.05, 0) is 40.2 Å². The number of rotatable bonds is 3. The lowest BCUT2D eigenvalue weighted by Gasteiger charge is -2.03. The number of hydrogen-bond acceptors (Lipinski definition) is 5. The van der Waals surface area contributed by atoms with Crippen LogP contribution < -0.4 is 5.73 Å². The first-order chi connectivity index (χ1) is 8.70. The quantitative estimate of drug-likeness (QED) is 0.392. The highest BCUT2D eigenvalue weighted by Gasteiger charge is 2.05. The molecule has 0 fully saturated rings. The lowest BCUT2D eigenvalue weighted by Crippen LogP contribution is -2.14. The Balaban J connectivity index is 2.19. The van der Waals surface area contributed by atoms with E-state index in [1.54, 1.807) is 18.5 Å². The van der Waals surface area contributed by atoms with Gasteiger partial charge in [0.05, 0.1) is 4.47 Å². The molecule has 0 aliphatic carbocycles. The molecular weight excluding hydrogens is 316 g/mol. The van der Waals surface area contributed by atoms with E-state index in [1.165, 1.54) is 11.8 Å². The van der Waals surface area contributed by atoms with Gasteiger partial charge in [-0.2, -0.15) is 0 Å². The fraction of sp³-hybridized carbons (Fsp3) is 0. The minimum absolute atomic E-state index is 0.00873. The van der Waals surface area contributed by atoms with Gasteiger partial charge >= 0.3 is 0 Å². The van der Waals surface area contributed by atoms with E-state index in [9.17, 15) is 0 Å². The number of amidine groups is 1. The average molecular weight is 325 g/mol. The maximum absolute atomic E-state index is 8.53. The van der Waals surface area contributed by atoms with Crippen molar-refractivity contribution in [3.05, 3.63) is 46.8 Å². The topological polar surface area (TPSA) is 84.4 Å². The first-order valence-corrected chi connectivity index (χ1v) is 6.54. The van der Waals surface area contributed by atoms with E-state index in [4.69, 9.17) is 10.9 Å². The second-order valence-electron chi connectivity index (χ2n) is 3.26. The van der Waals surface area contributed by atoms with Crippen LogP contribution in [0.2, 0.25) is 0 Å². The molecule has 0 amide bonds. The van der Waals surface area contributed by atoms with E-state index < -0.39 is 0 Å². The van der Waals surface area contributed by atoms with Gasteiger partial charge in [0.25, 0.3) is 0 Å². The first-order valence-electron chi connectivity index (χ1n) is 4.93. The van der Waals surface area contributed by atoms with Gasteiger partial charge in [0.15, 0.2) is 5.84 Å². The molecule has 0 aliphatic rings. The fourth-order valence-electron chi connectivity index (χ4n) is 1.20. The number of aromatic nitrogens is 2. The Labute approximate surface area is 116 Å². The van der Waals surface area contributed by atoms with Crippen molar-refractivity contribution < 1.29 is 5.21 Å². The van der Waals surface area contributed by atoms with Crippen molar-refractivity contribution in [2.75, 3.05) is 0 Å². The lowest BCUT2D eigenvalue weighted by molar-refractivity contribution is 0.318. The second-order valence-corrected chi connectivity index (χ2v) is 5.17. The summed E-state index contributed by atoms with van der Waals surface area (Å²) in [4.78, 5) is 9.26. The van der Waals surface area contributed by atoms with Crippen LogP contribution >= 0.6 is 27.7 Å². The largest absolute Gasteiger partial charge is 0.409 e. The van der Waals surface area contributed by atoms with Crippen LogP contribution in [0.25, 0.3) is 0 Å². The van der Waals surface area contributed by atoms with E-state index in [2.05, 4.69) is 31.1 Å². The molecule has 0 atom stereocenters. The molecule has 18 heavy (non-hydrogen) atoms. The Morgan fingerprint density at radius 3 is 2.78 bits per heavy atom. The summed E-state index contributed by atoms with van der Waals surface area (Å²) >= 11 is 4.91. The highest BCUT2D eigenvalue weighted by atomic mass is 79.9. The highest BCUT2D eigenvalue weighted by molar-refractivity contribution is 9.10. The van der Waals surface area contributed by atoms with Crippen molar-refractivity contribution in [3.63, 3.8) is 0 Å². The summed E-state index contributed by atoms with van der Waals surface area (Å²) in [6, 6.07) is 7.31. The molecule has 92 valence electrons. The Hall–Kier alpha value is -1.60. The fourth-order valence-corrected chi connectivity index (χ4v) is 2.44. The molecule has 2 aromatic rings. The minimum Gasteiger partial charge on any atom is -0.409 e. The van der Waals surface area contributed by atoms with Crippen molar-refractivity contribution in [2.45, 2.75) is 9.92 Å². The van der Waals surface area contributed by atoms with Crippen molar-refractivity contribution in [1.29, 1.82) is 0 Å². The van der Waals surface area contributed by atoms with Crippen LogP contribution in [-0.4, -0.2) is 21.0 Å². The van der Waals surface area contributed by atoms with Gasteiger partial charge in [-0.1, -0.05) is 16.9 Å². The van der Waals surface area contributed by atoms with Crippen LogP contribution in [-0.2, 0) is 0 Å². The van der Waals surface area contributed by atoms with Crippen LogP contribution in [0.4, 0.5) is 0 Å². The SMILES string of the molecule is N/C(=N/O)c1ccc(Sc2ncccc2Br)cn1. The molecule has 0 saturated carbocycles. The first kappa shape index (κ1) is 12.8. The van der Waals surface area contributed by atoms with E-state index in [-0.39, 0.29) is 5.84 Å². The number of nitrogens with two attached hydrogens (primary N) is 1. The maximum Gasteiger partial charge on any atom is 0.188 e. The van der Waals surface area contributed by atoms with Gasteiger partial charge in [-0.3, -0.25) is 4.98 Å². The van der Waals surface area contributed by atoms with Gasteiger partial charge in [0, 0.05) is 17.3 Å². The van der Waals surface area contributed by atoms with Crippen molar-refractivity contribution in [2.24, 2.45) is 10.9 Å². The number of hydrogen-bond donors (Lipinski definition) is 2. The molecule has 7 heteroatoms. The number of oxime groups is 1. The predicted octanol–water partition coefficient (Wildman–Crippen LogP) is 2.48. The molecule has 2 aromatic heterocycles. The molecular formula is C11H9BrN4OS. The zero-order valence-corrected chi connectivity index (χ0v) is 11.5. The zero-order chi connectivity index (χ0) is 13.0. The van der Waals surface area contributed by atoms with E-state index in [1.807, 2.05) is 18.2 Å². The molecule has 0 unspecified atom stereocenters. The Morgan fingerprint density at radius 2 is 2.17 bits per heavy atom. The third-order valence-electron chi connectivity index (χ3n) is 2.05. The van der Waals surface area contributed by atoms with Crippen LogP contribution in [0.5, 0.6) is 0 Å². The van der Waals surface area contributed by atoms with Gasteiger partial charge in [0.1, 0.15) is 10.7 Å². The Kier molecular flexibility index (Phi) is 4.16. The third kappa shape index (κ3) is 2.99. The van der Waals surface area contributed by atoms with Gasteiger partial charge in [-0.15, -0.1) is 0 Å². The minimum atomic E-state index is -0.00873. The standard InChI is InChI=1S/C11H9BrN4OS/c12-8-2-1-5-14-11(8)18-7-3-4-9(15-6-7)10(13)16-17/h1-6,17H,(H2,13,16). The number of nitrogens with zero attached hydrogens (tertiary/aromatic N) is 3. The second kappa shape index (κ2) is 5.83. The summed E-state index contributed by atoms with van der Waals surface area (Å²) in [5.74, 6) is -0.00873. The monoisotopic (exact) mass is 324 g/mol. The van der Waals surface area contributed by atoms with Crippen LogP contribution in [0.15, 0.2) is 56.2 Å². The van der Waals surface area contributed by atoms with E-state index in [0.29, 0.717) is 5.69 Å². The van der Waals surface area contributed by atoms with Gasteiger partial charge in [-0.25, -0.2) is 4.98 Å². The summed E-state index contributed by atoms with van der Waals surface area (Å²) in [5, 5.41) is 12.3. The summed E-state index contributed by atoms with van der Waals surface area (Å²) < 4.78 is 0.926. The third-order valence-corrected chi connectivity index (χ3v) is 3.94.